The Bertz CT molecular complexity index is 991. The van der Waals surface area contributed by atoms with Crippen LogP contribution in [0.3, 0.4) is 0 Å². The number of nitrogens with two attached hydrogens (primary N) is 1. The van der Waals surface area contributed by atoms with Crippen molar-refractivity contribution < 1.29 is 0 Å². The molecule has 0 aliphatic heterocycles. The molecule has 1 saturated carbocycles. The standard InChI is InChI=1S/C17H16N6/c18-15-14-13(16-20-11-6-1-2-7-12(11)21-16)22-17(10-4-3-5-10)23(14)9-8-19-15/h1-2,6-10H,3-5H2,(H2,18,19)(H,20,21). The predicted molar refractivity (Wildman–Crippen MR) is 89.1 cm³/mol. The maximum Gasteiger partial charge on any atom is 0.159 e. The van der Waals surface area contributed by atoms with Crippen LogP contribution in [0, 0.1) is 0 Å². The molecule has 0 atom stereocenters. The average molecular weight is 304 g/mol. The molecule has 23 heavy (non-hydrogen) atoms. The van der Waals surface area contributed by atoms with E-state index in [1.54, 1.807) is 6.20 Å². The number of H-pyrrole nitrogens is 1. The van der Waals surface area contributed by atoms with Gasteiger partial charge in [0.2, 0.25) is 0 Å². The molecular weight excluding hydrogens is 288 g/mol. The summed E-state index contributed by atoms with van der Waals surface area (Å²) in [6.45, 7) is 0. The Hall–Kier alpha value is -2.89. The molecule has 1 aliphatic carbocycles. The van der Waals surface area contributed by atoms with E-state index in [0.29, 0.717) is 11.7 Å². The fourth-order valence-electron chi connectivity index (χ4n) is 3.27. The zero-order chi connectivity index (χ0) is 15.4. The maximum atomic E-state index is 6.15. The summed E-state index contributed by atoms with van der Waals surface area (Å²) < 4.78 is 2.08. The number of hydrogen-bond acceptors (Lipinski definition) is 4. The molecule has 1 fully saturated rings. The molecule has 0 radical (unpaired) electrons. The lowest BCUT2D eigenvalue weighted by Crippen LogP contribution is -2.12. The van der Waals surface area contributed by atoms with Gasteiger partial charge >= 0.3 is 0 Å². The smallest absolute Gasteiger partial charge is 0.159 e. The third-order valence-corrected chi connectivity index (χ3v) is 4.69. The second kappa shape index (κ2) is 4.55. The highest BCUT2D eigenvalue weighted by Gasteiger charge is 2.27. The van der Waals surface area contributed by atoms with Crippen LogP contribution in [0.5, 0.6) is 0 Å². The summed E-state index contributed by atoms with van der Waals surface area (Å²) in [5.74, 6) is 2.80. The number of aromatic nitrogens is 5. The van der Waals surface area contributed by atoms with Crippen LogP contribution in [-0.2, 0) is 0 Å². The quantitative estimate of drug-likeness (QED) is 0.596. The van der Waals surface area contributed by atoms with Crippen LogP contribution >= 0.6 is 0 Å². The summed E-state index contributed by atoms with van der Waals surface area (Å²) >= 11 is 0. The minimum absolute atomic E-state index is 0.487. The predicted octanol–water partition coefficient (Wildman–Crippen LogP) is 3.12. The van der Waals surface area contributed by atoms with Gasteiger partial charge in [-0.25, -0.2) is 15.0 Å². The first-order valence-electron chi connectivity index (χ1n) is 7.89. The first-order chi connectivity index (χ1) is 11.3. The van der Waals surface area contributed by atoms with Crippen molar-refractivity contribution in [2.75, 3.05) is 5.73 Å². The molecule has 0 amide bonds. The summed E-state index contributed by atoms with van der Waals surface area (Å²) in [6, 6.07) is 7.97. The van der Waals surface area contributed by atoms with Crippen LogP contribution in [0.1, 0.15) is 31.0 Å². The first kappa shape index (κ1) is 12.6. The fraction of sp³-hybridized carbons (Fsp3) is 0.235. The Labute approximate surface area is 132 Å². The topological polar surface area (TPSA) is 84.9 Å². The van der Waals surface area contributed by atoms with Crippen LogP contribution in [-0.4, -0.2) is 24.3 Å². The number of nitrogens with zero attached hydrogens (tertiary/aromatic N) is 4. The molecule has 6 nitrogen and oxygen atoms in total. The number of benzene rings is 1. The zero-order valence-corrected chi connectivity index (χ0v) is 12.5. The lowest BCUT2D eigenvalue weighted by atomic mass is 9.85. The highest BCUT2D eigenvalue weighted by molar-refractivity contribution is 5.87. The van der Waals surface area contributed by atoms with E-state index < -0.39 is 0 Å². The monoisotopic (exact) mass is 304 g/mol. The Kier molecular flexibility index (Phi) is 2.50. The van der Waals surface area contributed by atoms with Gasteiger partial charge in [-0.3, -0.25) is 4.40 Å². The van der Waals surface area contributed by atoms with Gasteiger partial charge in [0.25, 0.3) is 0 Å². The molecule has 3 N–H and O–H groups in total. The second-order valence-electron chi connectivity index (χ2n) is 6.08. The Morgan fingerprint density at radius 1 is 1.17 bits per heavy atom. The molecule has 1 aromatic carbocycles. The zero-order valence-electron chi connectivity index (χ0n) is 12.5. The van der Waals surface area contributed by atoms with Crippen molar-refractivity contribution in [1.29, 1.82) is 0 Å². The van der Waals surface area contributed by atoms with Crippen LogP contribution in [0.4, 0.5) is 5.82 Å². The van der Waals surface area contributed by atoms with E-state index in [1.807, 2.05) is 30.5 Å². The molecule has 6 heteroatoms. The molecule has 0 saturated heterocycles. The molecule has 3 aromatic heterocycles. The number of fused-ring (bicyclic) bond motifs is 2. The molecule has 5 rings (SSSR count). The normalized spacial score (nSPS) is 15.3. The number of para-hydroxylation sites is 2. The number of nitrogen functional groups attached to an aromatic ring is 1. The van der Waals surface area contributed by atoms with Crippen molar-refractivity contribution in [2.24, 2.45) is 0 Å². The molecule has 1 aliphatic rings. The highest BCUT2D eigenvalue weighted by atomic mass is 15.1. The number of hydrogen-bond donors (Lipinski definition) is 2. The number of imidazole rings is 2. The van der Waals surface area contributed by atoms with Crippen molar-refractivity contribution >= 4 is 22.4 Å². The summed E-state index contributed by atoms with van der Waals surface area (Å²) in [5, 5.41) is 0. The number of anilines is 1. The lowest BCUT2D eigenvalue weighted by Gasteiger charge is -2.23. The summed E-state index contributed by atoms with van der Waals surface area (Å²) in [5.41, 5.74) is 9.70. The van der Waals surface area contributed by atoms with Gasteiger partial charge in [0.1, 0.15) is 22.9 Å². The van der Waals surface area contributed by atoms with Crippen molar-refractivity contribution in [3.05, 3.63) is 42.5 Å². The molecular formula is C17H16N6. The van der Waals surface area contributed by atoms with Gasteiger partial charge in [-0.2, -0.15) is 0 Å². The van der Waals surface area contributed by atoms with Crippen LogP contribution in [0.25, 0.3) is 28.1 Å². The average Bonchev–Trinajstić information content (AvgIpc) is 3.08. The van der Waals surface area contributed by atoms with Gasteiger partial charge in [-0.1, -0.05) is 18.6 Å². The summed E-state index contributed by atoms with van der Waals surface area (Å²) in [4.78, 5) is 17.2. The van der Waals surface area contributed by atoms with Crippen molar-refractivity contribution in [2.45, 2.75) is 25.2 Å². The summed E-state index contributed by atoms with van der Waals surface area (Å²) in [7, 11) is 0. The molecule has 0 bridgehead atoms. The van der Waals surface area contributed by atoms with Gasteiger partial charge in [0, 0.05) is 18.3 Å². The summed E-state index contributed by atoms with van der Waals surface area (Å²) in [6.07, 6.45) is 7.30. The Morgan fingerprint density at radius 2 is 2.04 bits per heavy atom. The molecule has 3 heterocycles. The number of rotatable bonds is 2. The first-order valence-corrected chi connectivity index (χ1v) is 7.89. The van der Waals surface area contributed by atoms with Gasteiger partial charge < -0.3 is 10.7 Å². The third kappa shape index (κ3) is 1.78. The van der Waals surface area contributed by atoms with Crippen LogP contribution in [0.2, 0.25) is 0 Å². The van der Waals surface area contributed by atoms with E-state index in [9.17, 15) is 0 Å². The SMILES string of the molecule is Nc1nccn2c(C3CCC3)nc(-c3nc4ccccc4[nH]3)c12. The highest BCUT2D eigenvalue weighted by Crippen LogP contribution is 2.38. The van der Waals surface area contributed by atoms with E-state index in [1.165, 1.54) is 19.3 Å². The van der Waals surface area contributed by atoms with Crippen molar-refractivity contribution in [1.82, 2.24) is 24.3 Å². The van der Waals surface area contributed by atoms with E-state index >= 15 is 0 Å². The Morgan fingerprint density at radius 3 is 2.83 bits per heavy atom. The van der Waals surface area contributed by atoms with E-state index in [-0.39, 0.29) is 0 Å². The Balaban J connectivity index is 1.80. The second-order valence-corrected chi connectivity index (χ2v) is 6.08. The van der Waals surface area contributed by atoms with Gasteiger partial charge in [-0.05, 0) is 25.0 Å². The minimum Gasteiger partial charge on any atom is -0.382 e. The minimum atomic E-state index is 0.487. The number of nitrogens with one attached hydrogen (secondary N) is 1. The van der Waals surface area contributed by atoms with Gasteiger partial charge in [0.15, 0.2) is 5.82 Å². The van der Waals surface area contributed by atoms with Crippen molar-refractivity contribution in [3.63, 3.8) is 0 Å². The third-order valence-electron chi connectivity index (χ3n) is 4.69. The van der Waals surface area contributed by atoms with Crippen molar-refractivity contribution in [3.8, 4) is 11.5 Å². The molecule has 4 aromatic rings. The molecule has 0 unspecified atom stereocenters. The maximum absolute atomic E-state index is 6.15. The van der Waals surface area contributed by atoms with Crippen LogP contribution < -0.4 is 5.73 Å². The van der Waals surface area contributed by atoms with Crippen LogP contribution in [0.15, 0.2) is 36.7 Å². The van der Waals surface area contributed by atoms with E-state index in [0.717, 1.165) is 33.9 Å². The molecule has 114 valence electrons. The molecule has 0 spiro atoms. The lowest BCUT2D eigenvalue weighted by molar-refractivity contribution is 0.400. The van der Waals surface area contributed by atoms with Gasteiger partial charge in [-0.15, -0.1) is 0 Å². The van der Waals surface area contributed by atoms with E-state index in [2.05, 4.69) is 19.4 Å². The largest absolute Gasteiger partial charge is 0.382 e. The van der Waals surface area contributed by atoms with E-state index in [4.69, 9.17) is 10.7 Å². The fourth-order valence-corrected chi connectivity index (χ4v) is 3.27. The number of aromatic amines is 1. The van der Waals surface area contributed by atoms with Gasteiger partial charge in [0.05, 0.1) is 11.0 Å².